The Morgan fingerprint density at radius 2 is 2.00 bits per heavy atom. The van der Waals surface area contributed by atoms with Crippen LogP contribution in [0.3, 0.4) is 0 Å². The summed E-state index contributed by atoms with van der Waals surface area (Å²) in [5, 5.41) is 2.79. The molecular weight excluding hydrogens is 325 g/mol. The molecule has 1 amide bonds. The van der Waals surface area contributed by atoms with Gasteiger partial charge in [0.1, 0.15) is 11.6 Å². The fourth-order valence-corrected chi connectivity index (χ4v) is 2.11. The van der Waals surface area contributed by atoms with Gasteiger partial charge in [-0.3, -0.25) is 4.79 Å². The van der Waals surface area contributed by atoms with Crippen LogP contribution in [0.5, 0.6) is 5.75 Å². The standard InChI is InChI=1S/C15H13BrFNO2/c1-9-7-11(20-2)4-6-14(9)18-15(19)10-3-5-13(17)12(16)8-10/h3-8H,1-2H3,(H,18,19). The van der Waals surface area contributed by atoms with E-state index in [-0.39, 0.29) is 10.4 Å². The molecule has 0 aliphatic carbocycles. The second-order valence-corrected chi connectivity index (χ2v) is 5.12. The highest BCUT2D eigenvalue weighted by atomic mass is 79.9. The number of halogens is 2. The Kier molecular flexibility index (Phi) is 4.39. The summed E-state index contributed by atoms with van der Waals surface area (Å²) in [6.07, 6.45) is 0. The number of rotatable bonds is 3. The minimum absolute atomic E-state index is 0.261. The predicted octanol–water partition coefficient (Wildman–Crippen LogP) is 4.16. The van der Waals surface area contributed by atoms with Gasteiger partial charge in [-0.2, -0.15) is 0 Å². The van der Waals surface area contributed by atoms with Crippen LogP contribution in [0, 0.1) is 12.7 Å². The normalized spacial score (nSPS) is 10.2. The molecule has 0 atom stereocenters. The highest BCUT2D eigenvalue weighted by Crippen LogP contribution is 2.22. The molecule has 1 N–H and O–H groups in total. The van der Waals surface area contributed by atoms with E-state index >= 15 is 0 Å². The summed E-state index contributed by atoms with van der Waals surface area (Å²) < 4.78 is 18.5. The van der Waals surface area contributed by atoms with Gasteiger partial charge in [0, 0.05) is 11.3 Å². The van der Waals surface area contributed by atoms with E-state index in [0.717, 1.165) is 11.3 Å². The quantitative estimate of drug-likeness (QED) is 0.913. The van der Waals surface area contributed by atoms with Crippen LogP contribution in [-0.2, 0) is 0 Å². The van der Waals surface area contributed by atoms with Crippen LogP contribution in [0.4, 0.5) is 10.1 Å². The number of hydrogen-bond acceptors (Lipinski definition) is 2. The second-order valence-electron chi connectivity index (χ2n) is 4.26. The molecule has 0 spiro atoms. The van der Waals surface area contributed by atoms with Crippen LogP contribution < -0.4 is 10.1 Å². The summed E-state index contributed by atoms with van der Waals surface area (Å²) in [6, 6.07) is 9.50. The number of anilines is 1. The van der Waals surface area contributed by atoms with Crippen molar-refractivity contribution >= 4 is 27.5 Å². The van der Waals surface area contributed by atoms with Crippen molar-refractivity contribution in [3.8, 4) is 5.75 Å². The Bertz CT molecular complexity index is 658. The topological polar surface area (TPSA) is 38.3 Å². The highest BCUT2D eigenvalue weighted by molar-refractivity contribution is 9.10. The van der Waals surface area contributed by atoms with Gasteiger partial charge in [-0.25, -0.2) is 4.39 Å². The lowest BCUT2D eigenvalue weighted by atomic mass is 10.1. The molecule has 3 nitrogen and oxygen atoms in total. The molecule has 0 saturated carbocycles. The Labute approximate surface area is 124 Å². The Hall–Kier alpha value is -1.88. The predicted molar refractivity (Wildman–Crippen MR) is 79.8 cm³/mol. The molecule has 2 aromatic carbocycles. The number of amides is 1. The lowest BCUT2D eigenvalue weighted by Crippen LogP contribution is -2.13. The molecule has 104 valence electrons. The molecule has 0 fully saturated rings. The number of methoxy groups -OCH3 is 1. The Morgan fingerprint density at radius 3 is 2.60 bits per heavy atom. The maximum atomic E-state index is 13.1. The zero-order valence-electron chi connectivity index (χ0n) is 11.0. The minimum Gasteiger partial charge on any atom is -0.497 e. The number of hydrogen-bond donors (Lipinski definition) is 1. The fraction of sp³-hybridized carbons (Fsp3) is 0.133. The Balaban J connectivity index is 2.21. The first-order chi connectivity index (χ1) is 9.51. The van der Waals surface area contributed by atoms with Gasteiger partial charge < -0.3 is 10.1 Å². The number of aryl methyl sites for hydroxylation is 1. The van der Waals surface area contributed by atoms with Crippen molar-refractivity contribution in [2.75, 3.05) is 12.4 Å². The van der Waals surface area contributed by atoms with Gasteiger partial charge in [-0.05, 0) is 64.8 Å². The lowest BCUT2D eigenvalue weighted by Gasteiger charge is -2.10. The summed E-state index contributed by atoms with van der Waals surface area (Å²) in [4.78, 5) is 12.1. The summed E-state index contributed by atoms with van der Waals surface area (Å²) in [5.74, 6) is 0.0335. The van der Waals surface area contributed by atoms with Crippen molar-refractivity contribution in [1.82, 2.24) is 0 Å². The SMILES string of the molecule is COc1ccc(NC(=O)c2ccc(F)c(Br)c2)c(C)c1. The van der Waals surface area contributed by atoms with E-state index in [0.29, 0.717) is 11.3 Å². The zero-order valence-corrected chi connectivity index (χ0v) is 12.6. The molecular formula is C15H13BrFNO2. The van der Waals surface area contributed by atoms with Crippen LogP contribution in [-0.4, -0.2) is 13.0 Å². The van der Waals surface area contributed by atoms with E-state index < -0.39 is 5.82 Å². The van der Waals surface area contributed by atoms with Crippen molar-refractivity contribution in [2.45, 2.75) is 6.92 Å². The molecule has 0 aliphatic heterocycles. The number of ether oxygens (including phenoxy) is 1. The third kappa shape index (κ3) is 3.17. The smallest absolute Gasteiger partial charge is 0.255 e. The Morgan fingerprint density at radius 1 is 1.25 bits per heavy atom. The maximum absolute atomic E-state index is 13.1. The molecule has 0 radical (unpaired) electrons. The highest BCUT2D eigenvalue weighted by Gasteiger charge is 2.10. The molecule has 2 aromatic rings. The van der Waals surface area contributed by atoms with Crippen LogP contribution >= 0.6 is 15.9 Å². The van der Waals surface area contributed by atoms with E-state index in [9.17, 15) is 9.18 Å². The van der Waals surface area contributed by atoms with Gasteiger partial charge in [0.25, 0.3) is 5.91 Å². The zero-order chi connectivity index (χ0) is 14.7. The lowest BCUT2D eigenvalue weighted by molar-refractivity contribution is 0.102. The second kappa shape index (κ2) is 6.05. The average Bonchev–Trinajstić information content (AvgIpc) is 2.43. The van der Waals surface area contributed by atoms with E-state index in [1.54, 1.807) is 19.2 Å². The van der Waals surface area contributed by atoms with Crippen LogP contribution in [0.25, 0.3) is 0 Å². The first-order valence-electron chi connectivity index (χ1n) is 5.92. The van der Waals surface area contributed by atoms with E-state index in [1.165, 1.54) is 18.2 Å². The number of carbonyl (C=O) groups excluding carboxylic acids is 1. The van der Waals surface area contributed by atoms with Crippen molar-refractivity contribution in [3.05, 3.63) is 57.8 Å². The van der Waals surface area contributed by atoms with E-state index in [2.05, 4.69) is 21.2 Å². The molecule has 5 heteroatoms. The molecule has 0 aromatic heterocycles. The number of nitrogens with one attached hydrogen (secondary N) is 1. The fourth-order valence-electron chi connectivity index (χ4n) is 1.74. The van der Waals surface area contributed by atoms with Crippen molar-refractivity contribution < 1.29 is 13.9 Å². The van der Waals surface area contributed by atoms with Gasteiger partial charge in [-0.1, -0.05) is 0 Å². The molecule has 0 saturated heterocycles. The first kappa shape index (κ1) is 14.5. The van der Waals surface area contributed by atoms with Crippen LogP contribution in [0.15, 0.2) is 40.9 Å². The maximum Gasteiger partial charge on any atom is 0.255 e. The molecule has 0 bridgehead atoms. The number of benzene rings is 2. The third-order valence-corrected chi connectivity index (χ3v) is 3.47. The van der Waals surface area contributed by atoms with Crippen molar-refractivity contribution in [1.29, 1.82) is 0 Å². The summed E-state index contributed by atoms with van der Waals surface area (Å²) >= 11 is 3.06. The summed E-state index contributed by atoms with van der Waals surface area (Å²) in [7, 11) is 1.59. The van der Waals surface area contributed by atoms with Crippen molar-refractivity contribution in [2.24, 2.45) is 0 Å². The first-order valence-corrected chi connectivity index (χ1v) is 6.71. The molecule has 2 rings (SSSR count). The molecule has 0 aliphatic rings. The van der Waals surface area contributed by atoms with Gasteiger partial charge in [-0.15, -0.1) is 0 Å². The minimum atomic E-state index is -0.401. The summed E-state index contributed by atoms with van der Waals surface area (Å²) in [5.41, 5.74) is 1.96. The van der Waals surface area contributed by atoms with Gasteiger partial charge in [0.15, 0.2) is 0 Å². The van der Waals surface area contributed by atoms with Crippen molar-refractivity contribution in [3.63, 3.8) is 0 Å². The van der Waals surface area contributed by atoms with E-state index in [4.69, 9.17) is 4.74 Å². The van der Waals surface area contributed by atoms with E-state index in [1.807, 2.05) is 13.0 Å². The van der Waals surface area contributed by atoms with Gasteiger partial charge in [0.05, 0.1) is 11.6 Å². The molecule has 0 unspecified atom stereocenters. The number of carbonyl (C=O) groups is 1. The average molecular weight is 338 g/mol. The van der Waals surface area contributed by atoms with Gasteiger partial charge >= 0.3 is 0 Å². The largest absolute Gasteiger partial charge is 0.497 e. The van der Waals surface area contributed by atoms with Crippen LogP contribution in [0.1, 0.15) is 15.9 Å². The molecule has 20 heavy (non-hydrogen) atoms. The van der Waals surface area contributed by atoms with Gasteiger partial charge in [0.2, 0.25) is 0 Å². The molecule has 0 heterocycles. The monoisotopic (exact) mass is 337 g/mol. The van der Waals surface area contributed by atoms with Crippen LogP contribution in [0.2, 0.25) is 0 Å². The summed E-state index contributed by atoms with van der Waals surface area (Å²) in [6.45, 7) is 1.87. The third-order valence-electron chi connectivity index (χ3n) is 2.86.